The average molecular weight is 172 g/mol. The number of hydrogen-bond donors (Lipinski definition) is 0. The van der Waals surface area contributed by atoms with Gasteiger partial charge in [0.15, 0.2) is 0 Å². The Morgan fingerprint density at radius 3 is 2.67 bits per heavy atom. The molecule has 0 spiro atoms. The zero-order valence-corrected chi connectivity index (χ0v) is 7.92. The molecule has 0 aliphatic rings. The zero-order valence-electron chi connectivity index (χ0n) is 7.92. The van der Waals surface area contributed by atoms with Crippen LogP contribution in [0, 0.1) is 0 Å². The van der Waals surface area contributed by atoms with Crippen LogP contribution in [0.1, 0.15) is 26.7 Å². The van der Waals surface area contributed by atoms with Gasteiger partial charge in [-0.05, 0) is 13.3 Å². The van der Waals surface area contributed by atoms with Gasteiger partial charge in [-0.25, -0.2) is 4.79 Å². The molecule has 0 heterocycles. The first-order valence-electron chi connectivity index (χ1n) is 4.09. The molecule has 0 radical (unpaired) electrons. The van der Waals surface area contributed by atoms with E-state index >= 15 is 0 Å². The fraction of sp³-hybridized carbons (Fsp3) is 0.667. The van der Waals surface area contributed by atoms with Crippen LogP contribution in [0.25, 0.3) is 0 Å². The van der Waals surface area contributed by atoms with Gasteiger partial charge >= 0.3 is 5.97 Å². The summed E-state index contributed by atoms with van der Waals surface area (Å²) in [5, 5.41) is 0. The van der Waals surface area contributed by atoms with Crippen molar-refractivity contribution in [3.8, 4) is 0 Å². The molecule has 70 valence electrons. The number of carbonyl (C=O) groups excluding carboxylic acids is 1. The number of esters is 1. The van der Waals surface area contributed by atoms with Gasteiger partial charge in [0, 0.05) is 0 Å². The van der Waals surface area contributed by atoms with Gasteiger partial charge in [0.25, 0.3) is 0 Å². The third-order valence-electron chi connectivity index (χ3n) is 1.35. The molecule has 0 aromatic heterocycles. The summed E-state index contributed by atoms with van der Waals surface area (Å²) < 4.78 is 9.58. The molecule has 0 aromatic carbocycles. The first-order valence-corrected chi connectivity index (χ1v) is 4.09. The summed E-state index contributed by atoms with van der Waals surface area (Å²) in [6, 6.07) is 0. The predicted molar refractivity (Wildman–Crippen MR) is 46.6 cm³/mol. The highest BCUT2D eigenvalue weighted by atomic mass is 16.5. The summed E-state index contributed by atoms with van der Waals surface area (Å²) in [4.78, 5) is 11.0. The number of carbonyl (C=O) groups is 1. The van der Waals surface area contributed by atoms with E-state index < -0.39 is 0 Å². The third-order valence-corrected chi connectivity index (χ3v) is 1.35. The molecule has 0 saturated heterocycles. The monoisotopic (exact) mass is 172 g/mol. The second-order valence-corrected chi connectivity index (χ2v) is 2.53. The van der Waals surface area contributed by atoms with Crippen molar-refractivity contribution in [3.63, 3.8) is 0 Å². The topological polar surface area (TPSA) is 35.5 Å². The van der Waals surface area contributed by atoms with Gasteiger partial charge in [0.2, 0.25) is 0 Å². The van der Waals surface area contributed by atoms with E-state index in [4.69, 9.17) is 4.74 Å². The minimum atomic E-state index is -0.301. The summed E-state index contributed by atoms with van der Waals surface area (Å²) >= 11 is 0. The van der Waals surface area contributed by atoms with E-state index in [0.717, 1.165) is 12.8 Å². The molecule has 0 aliphatic heterocycles. The molecule has 0 aromatic rings. The molecule has 0 unspecified atom stereocenters. The summed E-state index contributed by atoms with van der Waals surface area (Å²) in [5.74, 6) is -0.301. The van der Waals surface area contributed by atoms with E-state index in [0.29, 0.717) is 12.2 Å². The molecular weight excluding hydrogens is 156 g/mol. The molecule has 0 amide bonds. The van der Waals surface area contributed by atoms with Crippen molar-refractivity contribution >= 4 is 5.97 Å². The number of rotatable bonds is 5. The maximum atomic E-state index is 11.0. The van der Waals surface area contributed by atoms with E-state index in [1.807, 2.05) is 6.92 Å². The van der Waals surface area contributed by atoms with Crippen LogP contribution in [0.2, 0.25) is 0 Å². The van der Waals surface area contributed by atoms with E-state index in [-0.39, 0.29) is 5.97 Å². The smallest absolute Gasteiger partial charge is 0.336 e. The van der Waals surface area contributed by atoms with Crippen molar-refractivity contribution in [2.75, 3.05) is 13.7 Å². The second-order valence-electron chi connectivity index (χ2n) is 2.53. The van der Waals surface area contributed by atoms with Crippen molar-refractivity contribution < 1.29 is 14.3 Å². The normalized spacial score (nSPS) is 11.1. The van der Waals surface area contributed by atoms with Gasteiger partial charge in [-0.2, -0.15) is 0 Å². The Bertz CT molecular complexity index is 161. The summed E-state index contributed by atoms with van der Waals surface area (Å²) in [6.45, 7) is 4.20. The van der Waals surface area contributed by atoms with Crippen LogP contribution in [-0.4, -0.2) is 19.7 Å². The maximum absolute atomic E-state index is 11.0. The number of ether oxygens (including phenoxy) is 2. The minimum Gasteiger partial charge on any atom is -0.504 e. The fourth-order valence-electron chi connectivity index (χ4n) is 0.648. The standard InChI is InChI=1S/C9H16O3/c1-4-5-6-12-9(10)8(2)7-11-3/h7H,4-6H2,1-3H3. The van der Waals surface area contributed by atoms with Gasteiger partial charge in [-0.3, -0.25) is 0 Å². The lowest BCUT2D eigenvalue weighted by molar-refractivity contribution is -0.139. The quantitative estimate of drug-likeness (QED) is 0.275. The minimum absolute atomic E-state index is 0.301. The van der Waals surface area contributed by atoms with Gasteiger partial charge in [0.05, 0.1) is 25.6 Å². The van der Waals surface area contributed by atoms with E-state index in [2.05, 4.69) is 4.74 Å². The highest BCUT2D eigenvalue weighted by Crippen LogP contribution is 1.98. The molecular formula is C9H16O3. The molecule has 3 nitrogen and oxygen atoms in total. The Morgan fingerprint density at radius 1 is 1.50 bits per heavy atom. The van der Waals surface area contributed by atoms with Crippen molar-refractivity contribution in [2.45, 2.75) is 26.7 Å². The Balaban J connectivity index is 3.64. The molecule has 0 bridgehead atoms. The number of unbranched alkanes of at least 4 members (excludes halogenated alkanes) is 1. The van der Waals surface area contributed by atoms with Gasteiger partial charge < -0.3 is 9.47 Å². The second kappa shape index (κ2) is 6.70. The first kappa shape index (κ1) is 11.0. The Hall–Kier alpha value is -0.990. The van der Waals surface area contributed by atoms with Crippen LogP contribution in [-0.2, 0) is 14.3 Å². The first-order chi connectivity index (χ1) is 5.72. The Labute approximate surface area is 73.4 Å². The fourth-order valence-corrected chi connectivity index (χ4v) is 0.648. The highest BCUT2D eigenvalue weighted by Gasteiger charge is 2.04. The maximum Gasteiger partial charge on any atom is 0.336 e. The zero-order chi connectivity index (χ0) is 9.40. The van der Waals surface area contributed by atoms with Crippen LogP contribution >= 0.6 is 0 Å². The number of methoxy groups -OCH3 is 1. The molecule has 0 rings (SSSR count). The van der Waals surface area contributed by atoms with Crippen LogP contribution in [0.4, 0.5) is 0 Å². The Kier molecular flexibility index (Phi) is 6.15. The van der Waals surface area contributed by atoms with Crippen LogP contribution < -0.4 is 0 Å². The number of hydrogen-bond acceptors (Lipinski definition) is 3. The van der Waals surface area contributed by atoms with E-state index in [1.54, 1.807) is 6.92 Å². The van der Waals surface area contributed by atoms with Crippen molar-refractivity contribution in [1.29, 1.82) is 0 Å². The largest absolute Gasteiger partial charge is 0.504 e. The summed E-state index contributed by atoms with van der Waals surface area (Å²) in [7, 11) is 1.50. The molecule has 0 saturated carbocycles. The lowest BCUT2D eigenvalue weighted by atomic mass is 10.3. The summed E-state index contributed by atoms with van der Waals surface area (Å²) in [5.41, 5.74) is 0.494. The lowest BCUT2D eigenvalue weighted by Gasteiger charge is -2.02. The van der Waals surface area contributed by atoms with Crippen molar-refractivity contribution in [3.05, 3.63) is 11.8 Å². The van der Waals surface area contributed by atoms with Gasteiger partial charge in [0.1, 0.15) is 0 Å². The van der Waals surface area contributed by atoms with Gasteiger partial charge in [-0.15, -0.1) is 0 Å². The van der Waals surface area contributed by atoms with E-state index in [1.165, 1.54) is 13.4 Å². The van der Waals surface area contributed by atoms with Gasteiger partial charge in [-0.1, -0.05) is 13.3 Å². The molecule has 3 heteroatoms. The predicted octanol–water partition coefficient (Wildman–Crippen LogP) is 1.88. The Morgan fingerprint density at radius 2 is 2.17 bits per heavy atom. The lowest BCUT2D eigenvalue weighted by Crippen LogP contribution is -2.06. The molecule has 0 fully saturated rings. The van der Waals surface area contributed by atoms with Crippen LogP contribution in [0.15, 0.2) is 11.8 Å². The van der Waals surface area contributed by atoms with Crippen molar-refractivity contribution in [2.24, 2.45) is 0 Å². The molecule has 12 heavy (non-hydrogen) atoms. The SMILES string of the molecule is CCCCOC(=O)C(C)=COC. The van der Waals surface area contributed by atoms with Crippen molar-refractivity contribution in [1.82, 2.24) is 0 Å². The molecule has 0 N–H and O–H groups in total. The molecule has 0 atom stereocenters. The van der Waals surface area contributed by atoms with Crippen LogP contribution in [0.5, 0.6) is 0 Å². The average Bonchev–Trinajstić information content (AvgIpc) is 2.05. The van der Waals surface area contributed by atoms with Crippen LogP contribution in [0.3, 0.4) is 0 Å². The molecule has 0 aliphatic carbocycles. The van der Waals surface area contributed by atoms with E-state index in [9.17, 15) is 4.79 Å². The highest BCUT2D eigenvalue weighted by molar-refractivity contribution is 5.87. The summed E-state index contributed by atoms with van der Waals surface area (Å²) in [6.07, 6.45) is 3.32. The third kappa shape index (κ3) is 4.77.